The maximum atomic E-state index is 9.45. The number of hydrogen-bond acceptors (Lipinski definition) is 2. The van der Waals surface area contributed by atoms with Crippen LogP contribution in [0.3, 0.4) is 0 Å². The molecule has 0 saturated heterocycles. The van der Waals surface area contributed by atoms with E-state index in [2.05, 4.69) is 15.6 Å². The van der Waals surface area contributed by atoms with Crippen LogP contribution in [0, 0.1) is 6.92 Å². The topological polar surface area (TPSA) is 38.1 Å². The summed E-state index contributed by atoms with van der Waals surface area (Å²) < 4.78 is 2.08. The first-order valence-electron chi connectivity index (χ1n) is 5.51. The quantitative estimate of drug-likeness (QED) is 0.838. The second kappa shape index (κ2) is 3.59. The average molecular weight is 218 g/mol. The van der Waals surface area contributed by atoms with Crippen molar-refractivity contribution in [3.05, 3.63) is 29.6 Å². The zero-order valence-corrected chi connectivity index (χ0v) is 10.3. The maximum absolute atomic E-state index is 9.45. The van der Waals surface area contributed by atoms with Crippen LogP contribution in [-0.4, -0.2) is 21.3 Å². The highest BCUT2D eigenvalue weighted by molar-refractivity contribution is 5.80. The zero-order valence-electron chi connectivity index (χ0n) is 10.3. The Morgan fingerprint density at radius 2 is 2.06 bits per heavy atom. The van der Waals surface area contributed by atoms with Crippen LogP contribution in [0.4, 0.5) is 0 Å². The first-order valence-corrected chi connectivity index (χ1v) is 5.51. The molecule has 0 spiro atoms. The third kappa shape index (κ3) is 1.52. The molecular formula is C13H18N2O. The Kier molecular flexibility index (Phi) is 2.50. The van der Waals surface area contributed by atoms with Crippen LogP contribution < -0.4 is 0 Å². The Morgan fingerprint density at radius 3 is 2.69 bits per heavy atom. The van der Waals surface area contributed by atoms with Gasteiger partial charge < -0.3 is 9.67 Å². The van der Waals surface area contributed by atoms with E-state index in [4.69, 9.17) is 0 Å². The lowest BCUT2D eigenvalue weighted by atomic mass is 9.85. The number of aryl methyl sites for hydroxylation is 2. The summed E-state index contributed by atoms with van der Waals surface area (Å²) in [7, 11) is 2.01. The summed E-state index contributed by atoms with van der Waals surface area (Å²) in [5.74, 6) is 0.996. The molecule has 0 radical (unpaired) electrons. The maximum Gasteiger partial charge on any atom is 0.106 e. The van der Waals surface area contributed by atoms with Gasteiger partial charge in [0.05, 0.1) is 17.6 Å². The van der Waals surface area contributed by atoms with Crippen LogP contribution in [-0.2, 0) is 12.5 Å². The largest absolute Gasteiger partial charge is 0.395 e. The van der Waals surface area contributed by atoms with Crippen LogP contribution in [0.1, 0.15) is 25.2 Å². The zero-order chi connectivity index (χ0) is 11.9. The molecule has 0 aliphatic rings. The van der Waals surface area contributed by atoms with E-state index in [1.807, 2.05) is 40.0 Å². The monoisotopic (exact) mass is 218 g/mol. The van der Waals surface area contributed by atoms with E-state index in [1.165, 1.54) is 0 Å². The molecule has 2 aromatic rings. The predicted octanol–water partition coefficient (Wildman–Crippen LogP) is 2.15. The SMILES string of the molecule is Cc1nc2c(C(C)(C)CO)cccc2n1C. The Hall–Kier alpha value is -1.35. The summed E-state index contributed by atoms with van der Waals surface area (Å²) in [5.41, 5.74) is 2.98. The highest BCUT2D eigenvalue weighted by atomic mass is 16.3. The molecule has 1 aromatic heterocycles. The lowest BCUT2D eigenvalue weighted by Gasteiger charge is -2.22. The van der Waals surface area contributed by atoms with Gasteiger partial charge in [0, 0.05) is 12.5 Å². The van der Waals surface area contributed by atoms with Crippen molar-refractivity contribution in [3.8, 4) is 0 Å². The van der Waals surface area contributed by atoms with Crippen LogP contribution in [0.5, 0.6) is 0 Å². The Bertz CT molecular complexity index is 526. The number of rotatable bonds is 2. The lowest BCUT2D eigenvalue weighted by molar-refractivity contribution is 0.219. The summed E-state index contributed by atoms with van der Waals surface area (Å²) in [5, 5.41) is 9.45. The Morgan fingerprint density at radius 1 is 1.38 bits per heavy atom. The second-order valence-electron chi connectivity index (χ2n) is 4.93. The smallest absolute Gasteiger partial charge is 0.106 e. The van der Waals surface area contributed by atoms with Crippen molar-refractivity contribution in [1.29, 1.82) is 0 Å². The number of hydrogen-bond donors (Lipinski definition) is 1. The number of nitrogens with zero attached hydrogens (tertiary/aromatic N) is 2. The number of benzene rings is 1. The molecule has 0 atom stereocenters. The van der Waals surface area contributed by atoms with E-state index < -0.39 is 0 Å². The third-order valence-electron chi connectivity index (χ3n) is 3.26. The van der Waals surface area contributed by atoms with E-state index in [0.29, 0.717) is 0 Å². The lowest BCUT2D eigenvalue weighted by Crippen LogP contribution is -2.22. The van der Waals surface area contributed by atoms with Crippen molar-refractivity contribution in [2.45, 2.75) is 26.2 Å². The van der Waals surface area contributed by atoms with Crippen molar-refractivity contribution in [1.82, 2.24) is 9.55 Å². The van der Waals surface area contributed by atoms with E-state index in [1.54, 1.807) is 0 Å². The second-order valence-corrected chi connectivity index (χ2v) is 4.93. The number of aliphatic hydroxyl groups is 1. The Labute approximate surface area is 95.7 Å². The molecule has 3 nitrogen and oxygen atoms in total. The van der Waals surface area contributed by atoms with Gasteiger partial charge in [-0.3, -0.25) is 0 Å². The van der Waals surface area contributed by atoms with E-state index in [-0.39, 0.29) is 12.0 Å². The van der Waals surface area contributed by atoms with Gasteiger partial charge in [-0.05, 0) is 18.6 Å². The number of fused-ring (bicyclic) bond motifs is 1. The van der Waals surface area contributed by atoms with Crippen LogP contribution in [0.2, 0.25) is 0 Å². The average Bonchev–Trinajstić information content (AvgIpc) is 2.55. The van der Waals surface area contributed by atoms with Crippen LogP contribution in [0.15, 0.2) is 18.2 Å². The number of aromatic nitrogens is 2. The molecule has 2 rings (SSSR count). The molecule has 0 fully saturated rings. The molecule has 0 aliphatic heterocycles. The normalized spacial score (nSPS) is 12.3. The highest BCUT2D eigenvalue weighted by Crippen LogP contribution is 2.29. The third-order valence-corrected chi connectivity index (χ3v) is 3.26. The fourth-order valence-corrected chi connectivity index (χ4v) is 1.96. The first-order chi connectivity index (χ1) is 7.47. The Balaban J connectivity index is 2.77. The molecule has 86 valence electrons. The van der Waals surface area contributed by atoms with Gasteiger partial charge in [-0.15, -0.1) is 0 Å². The molecule has 0 saturated carbocycles. The fourth-order valence-electron chi connectivity index (χ4n) is 1.96. The minimum Gasteiger partial charge on any atom is -0.395 e. The summed E-state index contributed by atoms with van der Waals surface area (Å²) in [4.78, 5) is 4.58. The van der Waals surface area contributed by atoms with Gasteiger partial charge in [0.1, 0.15) is 5.82 Å². The molecule has 16 heavy (non-hydrogen) atoms. The van der Waals surface area contributed by atoms with Crippen molar-refractivity contribution in [3.63, 3.8) is 0 Å². The summed E-state index contributed by atoms with van der Waals surface area (Å²) in [6, 6.07) is 6.13. The standard InChI is InChI=1S/C13H18N2O/c1-9-14-12-10(13(2,3)8-16)6-5-7-11(12)15(9)4/h5-7,16H,8H2,1-4H3. The summed E-state index contributed by atoms with van der Waals surface area (Å²) >= 11 is 0. The van der Waals surface area contributed by atoms with Gasteiger partial charge in [-0.25, -0.2) is 4.98 Å². The molecular weight excluding hydrogens is 200 g/mol. The van der Waals surface area contributed by atoms with Gasteiger partial charge in [0.2, 0.25) is 0 Å². The number of para-hydroxylation sites is 1. The predicted molar refractivity (Wildman–Crippen MR) is 65.6 cm³/mol. The van der Waals surface area contributed by atoms with Crippen molar-refractivity contribution in [2.24, 2.45) is 7.05 Å². The molecule has 3 heteroatoms. The molecule has 1 N–H and O–H groups in total. The summed E-state index contributed by atoms with van der Waals surface area (Å²) in [6.07, 6.45) is 0. The van der Waals surface area contributed by atoms with Crippen molar-refractivity contribution in [2.75, 3.05) is 6.61 Å². The molecule has 0 unspecified atom stereocenters. The van der Waals surface area contributed by atoms with Crippen molar-refractivity contribution < 1.29 is 5.11 Å². The summed E-state index contributed by atoms with van der Waals surface area (Å²) in [6.45, 7) is 6.19. The highest BCUT2D eigenvalue weighted by Gasteiger charge is 2.23. The number of imidazole rings is 1. The van der Waals surface area contributed by atoms with Crippen LogP contribution >= 0.6 is 0 Å². The molecule has 1 aromatic carbocycles. The fraction of sp³-hybridized carbons (Fsp3) is 0.462. The van der Waals surface area contributed by atoms with E-state index in [0.717, 1.165) is 22.4 Å². The minimum absolute atomic E-state index is 0.127. The first kappa shape index (κ1) is 11.1. The van der Waals surface area contributed by atoms with E-state index in [9.17, 15) is 5.11 Å². The molecule has 0 amide bonds. The molecule has 0 aliphatic carbocycles. The van der Waals surface area contributed by atoms with Gasteiger partial charge in [-0.1, -0.05) is 26.0 Å². The van der Waals surface area contributed by atoms with E-state index >= 15 is 0 Å². The minimum atomic E-state index is -0.250. The molecule has 0 bridgehead atoms. The van der Waals surface area contributed by atoms with Gasteiger partial charge in [0.15, 0.2) is 0 Å². The van der Waals surface area contributed by atoms with Gasteiger partial charge >= 0.3 is 0 Å². The van der Waals surface area contributed by atoms with Gasteiger partial charge in [-0.2, -0.15) is 0 Å². The van der Waals surface area contributed by atoms with Crippen molar-refractivity contribution >= 4 is 11.0 Å². The number of aliphatic hydroxyl groups excluding tert-OH is 1. The van der Waals surface area contributed by atoms with Gasteiger partial charge in [0.25, 0.3) is 0 Å². The molecule has 1 heterocycles. The van der Waals surface area contributed by atoms with Crippen LogP contribution in [0.25, 0.3) is 11.0 Å².